The van der Waals surface area contributed by atoms with Crippen LogP contribution in [0, 0.1) is 0 Å². The summed E-state index contributed by atoms with van der Waals surface area (Å²) in [5.41, 5.74) is 3.84. The second-order valence-corrected chi connectivity index (χ2v) is 7.23. The summed E-state index contributed by atoms with van der Waals surface area (Å²) >= 11 is 0. The molecule has 0 radical (unpaired) electrons. The van der Waals surface area contributed by atoms with Gasteiger partial charge < -0.3 is 9.80 Å². The maximum absolute atomic E-state index is 11.8. The highest BCUT2D eigenvalue weighted by molar-refractivity contribution is 5.97. The number of rotatable bonds is 6. The van der Waals surface area contributed by atoms with E-state index in [4.69, 9.17) is 0 Å². The van der Waals surface area contributed by atoms with E-state index in [-0.39, 0.29) is 23.5 Å². The van der Waals surface area contributed by atoms with E-state index >= 15 is 0 Å². The smallest absolute Gasteiger partial charge is 0.159 e. The van der Waals surface area contributed by atoms with Crippen molar-refractivity contribution in [1.29, 1.82) is 0 Å². The molecule has 0 spiro atoms. The Morgan fingerprint density at radius 2 is 1.92 bits per heavy atom. The number of fused-ring (bicyclic) bond motifs is 3. The van der Waals surface area contributed by atoms with Crippen LogP contribution in [-0.2, 0) is 4.79 Å². The Hall–Kier alpha value is -2.20. The first-order valence-electron chi connectivity index (χ1n) is 8.85. The zero-order valence-corrected chi connectivity index (χ0v) is 15.5. The number of anilines is 1. The predicted octanol–water partition coefficient (Wildman–Crippen LogP) is 3.20. The number of benzene rings is 1. The average Bonchev–Trinajstić information content (AvgIpc) is 2.87. The van der Waals surface area contributed by atoms with Crippen molar-refractivity contribution in [3.8, 4) is 0 Å². The molecule has 132 valence electrons. The Bertz CT molecular complexity index is 761. The lowest BCUT2D eigenvalue weighted by molar-refractivity contribution is -0.113. The molecule has 1 aromatic rings. The quantitative estimate of drug-likeness (QED) is 0.747. The summed E-state index contributed by atoms with van der Waals surface area (Å²) in [7, 11) is 4.17. The lowest BCUT2D eigenvalue weighted by atomic mass is 9.87. The van der Waals surface area contributed by atoms with Gasteiger partial charge in [-0.05, 0) is 64.7 Å². The number of allylic oxidation sites excluding steroid dienone is 2. The number of nitrogens with zero attached hydrogens (tertiary/aromatic N) is 2. The van der Waals surface area contributed by atoms with Crippen molar-refractivity contribution in [3.63, 3.8) is 0 Å². The summed E-state index contributed by atoms with van der Waals surface area (Å²) in [5, 5.41) is 0. The fraction of sp³-hybridized carbons (Fsp3) is 0.429. The van der Waals surface area contributed by atoms with Gasteiger partial charge in [-0.15, -0.1) is 0 Å². The van der Waals surface area contributed by atoms with Gasteiger partial charge in [0.15, 0.2) is 11.6 Å². The highest BCUT2D eigenvalue weighted by Crippen LogP contribution is 2.45. The minimum Gasteiger partial charge on any atom is -0.364 e. The first-order chi connectivity index (χ1) is 11.9. The highest BCUT2D eigenvalue weighted by Gasteiger charge is 2.37. The van der Waals surface area contributed by atoms with Crippen molar-refractivity contribution in [2.24, 2.45) is 0 Å². The van der Waals surface area contributed by atoms with Crippen molar-refractivity contribution in [2.45, 2.75) is 32.2 Å². The molecule has 3 rings (SSSR count). The van der Waals surface area contributed by atoms with Crippen molar-refractivity contribution in [1.82, 2.24) is 4.90 Å². The van der Waals surface area contributed by atoms with Crippen LogP contribution >= 0.6 is 0 Å². The molecule has 0 saturated carbocycles. The van der Waals surface area contributed by atoms with E-state index in [1.165, 1.54) is 5.69 Å². The van der Waals surface area contributed by atoms with Gasteiger partial charge in [-0.1, -0.05) is 18.2 Å². The van der Waals surface area contributed by atoms with Gasteiger partial charge in [0, 0.05) is 29.3 Å². The van der Waals surface area contributed by atoms with Crippen LogP contribution in [0.2, 0.25) is 0 Å². The number of hydrogen-bond donors (Lipinski definition) is 0. The van der Waals surface area contributed by atoms with E-state index in [0.717, 1.165) is 36.2 Å². The van der Waals surface area contributed by atoms with Gasteiger partial charge in [0.05, 0.1) is 6.04 Å². The van der Waals surface area contributed by atoms with E-state index in [0.29, 0.717) is 0 Å². The van der Waals surface area contributed by atoms with Gasteiger partial charge in [-0.3, -0.25) is 9.59 Å². The summed E-state index contributed by atoms with van der Waals surface area (Å²) in [6, 6.07) is 6.21. The normalized spacial score (nSPS) is 21.2. The summed E-state index contributed by atoms with van der Waals surface area (Å²) < 4.78 is 0. The van der Waals surface area contributed by atoms with Crippen molar-refractivity contribution >= 4 is 17.3 Å². The van der Waals surface area contributed by atoms with Gasteiger partial charge in [0.2, 0.25) is 0 Å². The van der Waals surface area contributed by atoms with E-state index in [1.807, 2.05) is 18.2 Å². The van der Waals surface area contributed by atoms with E-state index < -0.39 is 0 Å². The molecule has 0 N–H and O–H groups in total. The van der Waals surface area contributed by atoms with Gasteiger partial charge >= 0.3 is 0 Å². The maximum atomic E-state index is 11.8. The molecular weight excluding hydrogens is 312 g/mol. The molecule has 25 heavy (non-hydrogen) atoms. The minimum absolute atomic E-state index is 0.0764. The minimum atomic E-state index is 0.0764. The molecule has 1 aliphatic heterocycles. The van der Waals surface area contributed by atoms with Crippen molar-refractivity contribution in [3.05, 3.63) is 53.1 Å². The van der Waals surface area contributed by atoms with Crippen LogP contribution in [0.4, 0.5) is 5.69 Å². The topological polar surface area (TPSA) is 40.6 Å². The molecule has 2 aliphatic rings. The first kappa shape index (κ1) is 17.6. The standard InChI is InChI=1S/C21H26N2O2/c1-14(24)16-6-8-20-18(12-16)19-13-17(15(2)25)7-9-21(19)23(20)11-5-10-22(3)4/h6-9,12-13,18,20H,5,10-11H2,1-4H3. The maximum Gasteiger partial charge on any atom is 0.159 e. The van der Waals surface area contributed by atoms with Gasteiger partial charge in [-0.25, -0.2) is 0 Å². The van der Waals surface area contributed by atoms with Crippen LogP contribution in [0.25, 0.3) is 0 Å². The SMILES string of the molecule is CC(=O)C1=CC2c3cc(C(C)=O)ccc3N(CCCN(C)C)C2C=C1. The number of Topliss-reactive ketones (excluding diaryl/α,β-unsaturated/α-hetero) is 2. The van der Waals surface area contributed by atoms with Crippen molar-refractivity contribution in [2.75, 3.05) is 32.1 Å². The molecule has 4 nitrogen and oxygen atoms in total. The molecule has 2 unspecified atom stereocenters. The van der Waals surface area contributed by atoms with Crippen LogP contribution < -0.4 is 4.90 Å². The van der Waals surface area contributed by atoms with Gasteiger partial charge in [0.25, 0.3) is 0 Å². The fourth-order valence-corrected chi connectivity index (χ4v) is 3.77. The zero-order chi connectivity index (χ0) is 18.1. The molecular formula is C21H26N2O2. The molecule has 2 atom stereocenters. The Kier molecular flexibility index (Phi) is 4.91. The lowest BCUT2D eigenvalue weighted by Crippen LogP contribution is -2.35. The monoisotopic (exact) mass is 338 g/mol. The Morgan fingerprint density at radius 3 is 2.56 bits per heavy atom. The molecule has 1 heterocycles. The Morgan fingerprint density at radius 1 is 1.16 bits per heavy atom. The molecule has 0 amide bonds. The number of ketones is 2. The average molecular weight is 338 g/mol. The lowest BCUT2D eigenvalue weighted by Gasteiger charge is -2.29. The van der Waals surface area contributed by atoms with Crippen LogP contribution in [-0.4, -0.2) is 49.7 Å². The van der Waals surface area contributed by atoms with Gasteiger partial charge in [-0.2, -0.15) is 0 Å². The van der Waals surface area contributed by atoms with E-state index in [9.17, 15) is 9.59 Å². The number of carbonyl (C=O) groups excluding carboxylic acids is 2. The molecule has 1 aromatic carbocycles. The van der Waals surface area contributed by atoms with Crippen LogP contribution in [0.5, 0.6) is 0 Å². The number of hydrogen-bond acceptors (Lipinski definition) is 4. The summed E-state index contributed by atoms with van der Waals surface area (Å²) in [6.07, 6.45) is 7.23. The summed E-state index contributed by atoms with van der Waals surface area (Å²) in [4.78, 5) is 28.2. The third-order valence-electron chi connectivity index (χ3n) is 5.07. The summed E-state index contributed by atoms with van der Waals surface area (Å²) in [6.45, 7) is 5.19. The Balaban J connectivity index is 1.97. The third-order valence-corrected chi connectivity index (χ3v) is 5.07. The summed E-state index contributed by atoms with van der Waals surface area (Å²) in [5.74, 6) is 0.301. The Labute approximate surface area is 149 Å². The molecule has 0 saturated heterocycles. The predicted molar refractivity (Wildman–Crippen MR) is 101 cm³/mol. The zero-order valence-electron chi connectivity index (χ0n) is 15.5. The number of carbonyl (C=O) groups is 2. The molecule has 0 fully saturated rings. The van der Waals surface area contributed by atoms with E-state index in [2.05, 4.69) is 42.1 Å². The molecule has 4 heteroatoms. The third kappa shape index (κ3) is 3.45. The largest absolute Gasteiger partial charge is 0.364 e. The van der Waals surface area contributed by atoms with E-state index in [1.54, 1.807) is 13.8 Å². The second-order valence-electron chi connectivity index (χ2n) is 7.23. The fourth-order valence-electron chi connectivity index (χ4n) is 3.77. The van der Waals surface area contributed by atoms with Crippen LogP contribution in [0.3, 0.4) is 0 Å². The van der Waals surface area contributed by atoms with Gasteiger partial charge in [0.1, 0.15) is 0 Å². The molecule has 1 aliphatic carbocycles. The van der Waals surface area contributed by atoms with Crippen LogP contribution in [0.1, 0.15) is 42.1 Å². The first-order valence-corrected chi connectivity index (χ1v) is 8.85. The molecule has 0 aromatic heterocycles. The van der Waals surface area contributed by atoms with Crippen LogP contribution in [0.15, 0.2) is 42.0 Å². The molecule has 0 bridgehead atoms. The van der Waals surface area contributed by atoms with Crippen molar-refractivity contribution < 1.29 is 9.59 Å². The second kappa shape index (κ2) is 6.96. The highest BCUT2D eigenvalue weighted by atomic mass is 16.1.